The standard InChI is InChI=1S/C15H13ClN2O3/c16-12-4-3-11(13-10(12)2-1-6-17-13)14(19)18-7-5-9(8-18)15(20)21/h1-4,6,9H,5,7-8H2,(H,20,21). The molecule has 5 nitrogen and oxygen atoms in total. The van der Waals surface area contributed by atoms with Gasteiger partial charge in [0.1, 0.15) is 0 Å². The fourth-order valence-electron chi connectivity index (χ4n) is 2.63. The van der Waals surface area contributed by atoms with Gasteiger partial charge in [-0.1, -0.05) is 11.6 Å². The summed E-state index contributed by atoms with van der Waals surface area (Å²) in [5, 5.41) is 10.3. The Morgan fingerprint density at radius 2 is 2.14 bits per heavy atom. The van der Waals surface area contributed by atoms with Crippen molar-refractivity contribution in [1.29, 1.82) is 0 Å². The summed E-state index contributed by atoms with van der Waals surface area (Å²) in [5.74, 6) is -1.54. The normalized spacial score (nSPS) is 18.1. The average molecular weight is 305 g/mol. The van der Waals surface area contributed by atoms with Crippen LogP contribution in [0.4, 0.5) is 0 Å². The lowest BCUT2D eigenvalue weighted by molar-refractivity contribution is -0.141. The van der Waals surface area contributed by atoms with E-state index in [0.29, 0.717) is 29.1 Å². The third-order valence-electron chi connectivity index (χ3n) is 3.77. The molecule has 108 valence electrons. The molecule has 21 heavy (non-hydrogen) atoms. The van der Waals surface area contributed by atoms with E-state index >= 15 is 0 Å². The van der Waals surface area contributed by atoms with Gasteiger partial charge in [-0.2, -0.15) is 0 Å². The molecule has 1 atom stereocenters. The zero-order chi connectivity index (χ0) is 15.0. The summed E-state index contributed by atoms with van der Waals surface area (Å²) in [6.07, 6.45) is 2.10. The molecule has 1 aliphatic rings. The van der Waals surface area contributed by atoms with Gasteiger partial charge in [-0.05, 0) is 30.7 Å². The van der Waals surface area contributed by atoms with Crippen molar-refractivity contribution in [3.8, 4) is 0 Å². The molecule has 1 amide bonds. The average Bonchev–Trinajstić information content (AvgIpc) is 2.97. The summed E-state index contributed by atoms with van der Waals surface area (Å²) < 4.78 is 0. The highest BCUT2D eigenvalue weighted by Crippen LogP contribution is 2.27. The van der Waals surface area contributed by atoms with E-state index in [-0.39, 0.29) is 12.5 Å². The van der Waals surface area contributed by atoms with Gasteiger partial charge >= 0.3 is 5.97 Å². The fourth-order valence-corrected chi connectivity index (χ4v) is 2.84. The largest absolute Gasteiger partial charge is 0.481 e. The second-order valence-corrected chi connectivity index (χ2v) is 5.48. The number of carboxylic acids is 1. The first-order valence-corrected chi connectivity index (χ1v) is 7.01. The summed E-state index contributed by atoms with van der Waals surface area (Å²) in [4.78, 5) is 29.4. The molecule has 0 saturated carbocycles. The predicted molar refractivity (Wildman–Crippen MR) is 78.4 cm³/mol. The number of pyridine rings is 1. The number of aromatic nitrogens is 1. The van der Waals surface area contributed by atoms with Crippen molar-refractivity contribution < 1.29 is 14.7 Å². The van der Waals surface area contributed by atoms with Crippen molar-refractivity contribution in [2.24, 2.45) is 5.92 Å². The Morgan fingerprint density at radius 1 is 1.33 bits per heavy atom. The lowest BCUT2D eigenvalue weighted by atomic mass is 10.1. The van der Waals surface area contributed by atoms with Crippen LogP contribution in [0, 0.1) is 5.92 Å². The Kier molecular flexibility index (Phi) is 3.51. The van der Waals surface area contributed by atoms with Crippen LogP contribution in [0.2, 0.25) is 5.02 Å². The molecule has 6 heteroatoms. The first-order chi connectivity index (χ1) is 10.1. The number of halogens is 1. The van der Waals surface area contributed by atoms with E-state index in [0.717, 1.165) is 5.39 Å². The van der Waals surface area contributed by atoms with E-state index < -0.39 is 11.9 Å². The summed E-state index contributed by atoms with van der Waals surface area (Å²) in [7, 11) is 0. The zero-order valence-electron chi connectivity index (χ0n) is 11.1. The molecular weight excluding hydrogens is 292 g/mol. The van der Waals surface area contributed by atoms with E-state index in [1.54, 1.807) is 29.3 Å². The summed E-state index contributed by atoms with van der Waals surface area (Å²) >= 11 is 6.12. The van der Waals surface area contributed by atoms with Crippen molar-refractivity contribution in [2.45, 2.75) is 6.42 Å². The lowest BCUT2D eigenvalue weighted by Gasteiger charge is -2.17. The minimum Gasteiger partial charge on any atom is -0.481 e. The van der Waals surface area contributed by atoms with Gasteiger partial charge < -0.3 is 10.0 Å². The first-order valence-electron chi connectivity index (χ1n) is 6.63. The number of fused-ring (bicyclic) bond motifs is 1. The molecule has 1 aromatic carbocycles. The van der Waals surface area contributed by atoms with Gasteiger partial charge in [-0.15, -0.1) is 0 Å². The van der Waals surface area contributed by atoms with Gasteiger partial charge in [0.15, 0.2) is 0 Å². The number of hydrogen-bond acceptors (Lipinski definition) is 3. The second-order valence-electron chi connectivity index (χ2n) is 5.07. The smallest absolute Gasteiger partial charge is 0.308 e. The van der Waals surface area contributed by atoms with Crippen LogP contribution in [0.5, 0.6) is 0 Å². The van der Waals surface area contributed by atoms with Crippen LogP contribution in [0.3, 0.4) is 0 Å². The predicted octanol–water partition coefficient (Wildman–Crippen LogP) is 2.43. The topological polar surface area (TPSA) is 70.5 Å². The van der Waals surface area contributed by atoms with Gasteiger partial charge in [0.2, 0.25) is 0 Å². The Bertz CT molecular complexity index is 732. The summed E-state index contributed by atoms with van der Waals surface area (Å²) in [6, 6.07) is 6.89. The minimum atomic E-state index is -0.857. The highest BCUT2D eigenvalue weighted by molar-refractivity contribution is 6.36. The lowest BCUT2D eigenvalue weighted by Crippen LogP contribution is -2.30. The summed E-state index contributed by atoms with van der Waals surface area (Å²) in [5.41, 5.74) is 1.01. The zero-order valence-corrected chi connectivity index (χ0v) is 11.9. The van der Waals surface area contributed by atoms with Gasteiger partial charge in [-0.25, -0.2) is 0 Å². The molecule has 1 N–H and O–H groups in total. The number of nitrogens with zero attached hydrogens (tertiary/aromatic N) is 2. The molecule has 3 rings (SSSR count). The van der Waals surface area contributed by atoms with E-state index in [4.69, 9.17) is 16.7 Å². The third-order valence-corrected chi connectivity index (χ3v) is 4.10. The van der Waals surface area contributed by atoms with Crippen molar-refractivity contribution in [1.82, 2.24) is 9.88 Å². The van der Waals surface area contributed by atoms with Crippen LogP contribution in [0.25, 0.3) is 10.9 Å². The minimum absolute atomic E-state index is 0.195. The Morgan fingerprint density at radius 3 is 2.86 bits per heavy atom. The number of likely N-dealkylation sites (tertiary alicyclic amines) is 1. The van der Waals surface area contributed by atoms with Gasteiger partial charge in [0.05, 0.1) is 22.0 Å². The van der Waals surface area contributed by atoms with Crippen LogP contribution in [0.15, 0.2) is 30.5 Å². The van der Waals surface area contributed by atoms with Gasteiger partial charge in [-0.3, -0.25) is 14.6 Å². The molecule has 0 spiro atoms. The number of benzene rings is 1. The number of aliphatic carboxylic acids is 1. The molecule has 2 heterocycles. The molecule has 1 unspecified atom stereocenters. The molecular formula is C15H13ClN2O3. The molecule has 1 saturated heterocycles. The second kappa shape index (κ2) is 5.33. The van der Waals surface area contributed by atoms with Crippen LogP contribution >= 0.6 is 11.6 Å². The van der Waals surface area contributed by atoms with E-state index in [1.807, 2.05) is 6.07 Å². The fraction of sp³-hybridized carbons (Fsp3) is 0.267. The monoisotopic (exact) mass is 304 g/mol. The molecule has 1 fully saturated rings. The SMILES string of the molecule is O=C(O)C1CCN(C(=O)c2ccc(Cl)c3cccnc23)C1. The van der Waals surface area contributed by atoms with Gasteiger partial charge in [0.25, 0.3) is 5.91 Å². The van der Waals surface area contributed by atoms with E-state index in [2.05, 4.69) is 4.98 Å². The highest BCUT2D eigenvalue weighted by Gasteiger charge is 2.32. The molecule has 2 aromatic rings. The Labute approximate surface area is 126 Å². The number of rotatable bonds is 2. The molecule has 0 bridgehead atoms. The highest BCUT2D eigenvalue weighted by atomic mass is 35.5. The molecule has 1 aliphatic heterocycles. The summed E-state index contributed by atoms with van der Waals surface area (Å²) in [6.45, 7) is 0.692. The van der Waals surface area contributed by atoms with E-state index in [9.17, 15) is 9.59 Å². The van der Waals surface area contributed by atoms with Crippen LogP contribution < -0.4 is 0 Å². The number of amides is 1. The van der Waals surface area contributed by atoms with Gasteiger partial charge in [0, 0.05) is 24.7 Å². The first kappa shape index (κ1) is 13.8. The van der Waals surface area contributed by atoms with Crippen LogP contribution in [-0.4, -0.2) is 40.0 Å². The maximum Gasteiger partial charge on any atom is 0.308 e. The van der Waals surface area contributed by atoms with Crippen LogP contribution in [0.1, 0.15) is 16.8 Å². The van der Waals surface area contributed by atoms with Crippen molar-refractivity contribution >= 4 is 34.4 Å². The number of carboxylic acid groups (broad SMARTS) is 1. The van der Waals surface area contributed by atoms with Crippen molar-refractivity contribution in [2.75, 3.05) is 13.1 Å². The Hall–Kier alpha value is -2.14. The molecule has 0 aliphatic carbocycles. The number of carbonyl (C=O) groups excluding carboxylic acids is 1. The van der Waals surface area contributed by atoms with Crippen molar-refractivity contribution in [3.63, 3.8) is 0 Å². The number of hydrogen-bond donors (Lipinski definition) is 1. The maximum absolute atomic E-state index is 12.6. The quantitative estimate of drug-likeness (QED) is 0.925. The number of carbonyl (C=O) groups is 2. The maximum atomic E-state index is 12.6. The molecule has 1 aromatic heterocycles. The van der Waals surface area contributed by atoms with E-state index in [1.165, 1.54) is 0 Å². The third kappa shape index (κ3) is 2.45. The van der Waals surface area contributed by atoms with Crippen LogP contribution in [-0.2, 0) is 4.79 Å². The Balaban J connectivity index is 1.96. The molecule has 0 radical (unpaired) electrons. The van der Waals surface area contributed by atoms with Crippen molar-refractivity contribution in [3.05, 3.63) is 41.0 Å².